The zero-order valence-corrected chi connectivity index (χ0v) is 16.9. The summed E-state index contributed by atoms with van der Waals surface area (Å²) in [6, 6.07) is 16.1. The van der Waals surface area contributed by atoms with Crippen LogP contribution >= 0.6 is 0 Å². The van der Waals surface area contributed by atoms with Crippen molar-refractivity contribution in [1.82, 2.24) is 19.5 Å². The van der Waals surface area contributed by atoms with Crippen LogP contribution in [0, 0.1) is 0 Å². The fraction of sp³-hybridized carbons (Fsp3) is 0.261. The average molecular weight is 400 g/mol. The van der Waals surface area contributed by atoms with Gasteiger partial charge in [0.15, 0.2) is 0 Å². The minimum atomic E-state index is 0.435. The maximum absolute atomic E-state index is 6.30. The zero-order chi connectivity index (χ0) is 20.5. The highest BCUT2D eigenvalue weighted by molar-refractivity contribution is 5.93. The molecule has 2 aromatic carbocycles. The minimum Gasteiger partial charge on any atom is -0.494 e. The smallest absolute Gasteiger partial charge is 0.239 e. The lowest BCUT2D eigenvalue weighted by Crippen LogP contribution is -2.13. The fourth-order valence-corrected chi connectivity index (χ4v) is 4.08. The van der Waals surface area contributed by atoms with E-state index in [2.05, 4.69) is 22.4 Å². The number of nitrogens with zero attached hydrogens (tertiary/aromatic N) is 4. The molecule has 0 atom stereocenters. The molecule has 0 saturated carbocycles. The molecule has 7 nitrogen and oxygen atoms in total. The van der Waals surface area contributed by atoms with E-state index in [0.717, 1.165) is 53.8 Å². The van der Waals surface area contributed by atoms with Gasteiger partial charge in [-0.25, -0.2) is 9.97 Å². The third-order valence-corrected chi connectivity index (χ3v) is 5.56. The number of rotatable bonds is 5. The van der Waals surface area contributed by atoms with Crippen LogP contribution in [0.2, 0.25) is 0 Å². The normalized spacial score (nSPS) is 13.2. The summed E-state index contributed by atoms with van der Waals surface area (Å²) in [4.78, 5) is 14.3. The predicted molar refractivity (Wildman–Crippen MR) is 118 cm³/mol. The first kappa shape index (κ1) is 18.4. The van der Waals surface area contributed by atoms with Crippen molar-refractivity contribution in [3.8, 4) is 11.7 Å². The standard InChI is InChI=1S/C23H24N6O/c1-30-19-13-7-10-16-20(19)27-23(28-21(16)25-14-15-8-3-2-4-9-15)29-18-12-6-5-11-17(18)26-22(29)24/h2-4,7-10,13H,5-6,11-12,14H2,1H3,(H2,24,26)(H,25,27,28). The van der Waals surface area contributed by atoms with Crippen LogP contribution in [0.1, 0.15) is 29.8 Å². The number of aromatic nitrogens is 4. The maximum atomic E-state index is 6.30. The van der Waals surface area contributed by atoms with Crippen molar-refractivity contribution in [2.45, 2.75) is 32.2 Å². The second kappa shape index (κ2) is 7.67. The number of nitrogens with one attached hydrogen (secondary N) is 1. The largest absolute Gasteiger partial charge is 0.494 e. The van der Waals surface area contributed by atoms with E-state index in [1.165, 1.54) is 5.56 Å². The predicted octanol–water partition coefficient (Wildman–Crippen LogP) is 3.90. The Kier molecular flexibility index (Phi) is 4.71. The molecule has 4 aromatic rings. The van der Waals surface area contributed by atoms with Crippen LogP contribution in [-0.4, -0.2) is 26.6 Å². The van der Waals surface area contributed by atoms with Crippen LogP contribution in [0.15, 0.2) is 48.5 Å². The molecule has 0 bridgehead atoms. The summed E-state index contributed by atoms with van der Waals surface area (Å²) in [7, 11) is 1.65. The van der Waals surface area contributed by atoms with Crippen molar-refractivity contribution in [3.63, 3.8) is 0 Å². The summed E-state index contributed by atoms with van der Waals surface area (Å²) >= 11 is 0. The number of hydrogen-bond acceptors (Lipinski definition) is 6. The second-order valence-electron chi connectivity index (χ2n) is 7.47. The van der Waals surface area contributed by atoms with Gasteiger partial charge in [-0.05, 0) is 43.4 Å². The summed E-state index contributed by atoms with van der Waals surface area (Å²) in [6.07, 6.45) is 4.13. The molecule has 2 aromatic heterocycles. The first-order chi connectivity index (χ1) is 14.7. The lowest BCUT2D eigenvalue weighted by atomic mass is 10.0. The SMILES string of the molecule is COc1cccc2c(NCc3ccccc3)nc(-n3c(N)nc4c3CCCC4)nc12. The zero-order valence-electron chi connectivity index (χ0n) is 16.9. The van der Waals surface area contributed by atoms with Gasteiger partial charge in [-0.1, -0.05) is 36.4 Å². The summed E-state index contributed by atoms with van der Waals surface area (Å²) in [5, 5.41) is 4.38. The Labute approximate surface area is 174 Å². The molecule has 3 N–H and O–H groups in total. The van der Waals surface area contributed by atoms with Gasteiger partial charge in [0.05, 0.1) is 18.5 Å². The highest BCUT2D eigenvalue weighted by Crippen LogP contribution is 2.32. The number of imidazole rings is 1. The molecular formula is C23H24N6O. The van der Waals surface area contributed by atoms with Crippen LogP contribution in [0.3, 0.4) is 0 Å². The molecule has 5 rings (SSSR count). The molecule has 0 spiro atoms. The van der Waals surface area contributed by atoms with Crippen molar-refractivity contribution in [2.24, 2.45) is 0 Å². The second-order valence-corrected chi connectivity index (χ2v) is 7.47. The molecule has 0 radical (unpaired) electrons. The van der Waals surface area contributed by atoms with Crippen molar-refractivity contribution >= 4 is 22.7 Å². The van der Waals surface area contributed by atoms with Gasteiger partial charge >= 0.3 is 0 Å². The Morgan fingerprint density at radius 1 is 1.00 bits per heavy atom. The molecule has 1 aliphatic carbocycles. The van der Waals surface area contributed by atoms with Gasteiger partial charge in [0, 0.05) is 11.9 Å². The molecule has 0 unspecified atom stereocenters. The molecular weight excluding hydrogens is 376 g/mol. The first-order valence-electron chi connectivity index (χ1n) is 10.2. The lowest BCUT2D eigenvalue weighted by Gasteiger charge is -2.16. The van der Waals surface area contributed by atoms with E-state index in [9.17, 15) is 0 Å². The number of hydrogen-bond donors (Lipinski definition) is 2. The number of para-hydroxylation sites is 1. The molecule has 152 valence electrons. The molecule has 1 aliphatic rings. The number of aryl methyl sites for hydroxylation is 1. The van der Waals surface area contributed by atoms with Gasteiger partial charge in [-0.2, -0.15) is 4.98 Å². The highest BCUT2D eigenvalue weighted by Gasteiger charge is 2.22. The third kappa shape index (κ3) is 3.22. The van der Waals surface area contributed by atoms with E-state index in [1.807, 2.05) is 41.0 Å². The van der Waals surface area contributed by atoms with Crippen LogP contribution in [0.5, 0.6) is 5.75 Å². The van der Waals surface area contributed by atoms with Gasteiger partial charge in [0.2, 0.25) is 11.9 Å². The number of anilines is 2. The molecule has 7 heteroatoms. The summed E-state index contributed by atoms with van der Waals surface area (Å²) in [5.74, 6) is 2.41. The van der Waals surface area contributed by atoms with Crippen molar-refractivity contribution in [3.05, 3.63) is 65.5 Å². The Bertz CT molecular complexity index is 1200. The monoisotopic (exact) mass is 400 g/mol. The summed E-state index contributed by atoms with van der Waals surface area (Å²) in [5.41, 5.74) is 10.4. The quantitative estimate of drug-likeness (QED) is 0.528. The van der Waals surface area contributed by atoms with Crippen LogP contribution < -0.4 is 15.8 Å². The molecule has 0 aliphatic heterocycles. The van der Waals surface area contributed by atoms with Gasteiger partial charge in [-0.3, -0.25) is 4.57 Å². The minimum absolute atomic E-state index is 0.435. The van der Waals surface area contributed by atoms with Crippen molar-refractivity contribution < 1.29 is 4.74 Å². The maximum Gasteiger partial charge on any atom is 0.239 e. The summed E-state index contributed by atoms with van der Waals surface area (Å²) < 4.78 is 7.48. The Morgan fingerprint density at radius 2 is 1.83 bits per heavy atom. The topological polar surface area (TPSA) is 90.9 Å². The van der Waals surface area contributed by atoms with E-state index < -0.39 is 0 Å². The molecule has 2 heterocycles. The first-order valence-corrected chi connectivity index (χ1v) is 10.2. The van der Waals surface area contributed by atoms with E-state index in [1.54, 1.807) is 7.11 Å². The van der Waals surface area contributed by atoms with Gasteiger partial charge in [0.25, 0.3) is 0 Å². The number of methoxy groups -OCH3 is 1. The number of ether oxygens (including phenoxy) is 1. The fourth-order valence-electron chi connectivity index (χ4n) is 4.08. The molecule has 0 saturated heterocycles. The number of benzene rings is 2. The highest BCUT2D eigenvalue weighted by atomic mass is 16.5. The average Bonchev–Trinajstić information content (AvgIpc) is 3.13. The lowest BCUT2D eigenvalue weighted by molar-refractivity contribution is 0.419. The van der Waals surface area contributed by atoms with Gasteiger partial charge in [-0.15, -0.1) is 0 Å². The van der Waals surface area contributed by atoms with Gasteiger partial charge < -0.3 is 15.8 Å². The molecule has 0 fully saturated rings. The van der Waals surface area contributed by atoms with Crippen LogP contribution in [0.4, 0.5) is 11.8 Å². The van der Waals surface area contributed by atoms with E-state index in [-0.39, 0.29) is 0 Å². The van der Waals surface area contributed by atoms with E-state index >= 15 is 0 Å². The van der Waals surface area contributed by atoms with Crippen LogP contribution in [0.25, 0.3) is 16.9 Å². The third-order valence-electron chi connectivity index (χ3n) is 5.56. The van der Waals surface area contributed by atoms with Crippen molar-refractivity contribution in [2.75, 3.05) is 18.2 Å². The van der Waals surface area contributed by atoms with Crippen molar-refractivity contribution in [1.29, 1.82) is 0 Å². The number of nitrogens with two attached hydrogens (primary N) is 1. The van der Waals surface area contributed by atoms with E-state index in [0.29, 0.717) is 24.2 Å². The van der Waals surface area contributed by atoms with E-state index in [4.69, 9.17) is 20.4 Å². The summed E-state index contributed by atoms with van der Waals surface area (Å²) in [6.45, 7) is 0.654. The molecule has 30 heavy (non-hydrogen) atoms. The Morgan fingerprint density at radius 3 is 2.67 bits per heavy atom. The Hall–Kier alpha value is -3.61. The van der Waals surface area contributed by atoms with Crippen LogP contribution in [-0.2, 0) is 19.4 Å². The Balaban J connectivity index is 1.65. The number of nitrogen functional groups attached to an aromatic ring is 1. The van der Waals surface area contributed by atoms with Gasteiger partial charge in [0.1, 0.15) is 17.1 Å². The molecule has 0 amide bonds. The number of fused-ring (bicyclic) bond motifs is 2.